The van der Waals surface area contributed by atoms with Gasteiger partial charge < -0.3 is 0 Å². The number of aromatic nitrogens is 1. The fourth-order valence-electron chi connectivity index (χ4n) is 2.30. The van der Waals surface area contributed by atoms with Crippen molar-refractivity contribution in [2.24, 2.45) is 0 Å². The third kappa shape index (κ3) is 3.16. The highest BCUT2D eigenvalue weighted by atomic mass is 32.1. The van der Waals surface area contributed by atoms with E-state index in [-0.39, 0.29) is 11.3 Å². The molecule has 1 heterocycles. The molecule has 0 aliphatic heterocycles. The van der Waals surface area contributed by atoms with E-state index >= 15 is 0 Å². The first-order chi connectivity index (χ1) is 11.6. The summed E-state index contributed by atoms with van der Waals surface area (Å²) in [5, 5.41) is 14.1. The molecule has 0 saturated carbocycles. The Kier molecular flexibility index (Phi) is 4.35. The molecule has 0 atom stereocenters. The standard InChI is InChI=1S/C17H13N3O3S/c1-11-13(8-5-9-14(11)20(22)23)16(21)19-17-18-10-15(24-17)12-6-3-2-4-7-12/h2-10H,1H3,(H,18,19,21). The van der Waals surface area contributed by atoms with Crippen molar-refractivity contribution >= 4 is 28.1 Å². The van der Waals surface area contributed by atoms with Crippen molar-refractivity contribution < 1.29 is 9.72 Å². The number of hydrogen-bond donors (Lipinski definition) is 1. The van der Waals surface area contributed by atoms with Crippen LogP contribution in [0.25, 0.3) is 10.4 Å². The summed E-state index contributed by atoms with van der Waals surface area (Å²) in [5.74, 6) is -0.412. The minimum absolute atomic E-state index is 0.0771. The average molecular weight is 339 g/mol. The molecular weight excluding hydrogens is 326 g/mol. The summed E-state index contributed by atoms with van der Waals surface area (Å²) in [6, 6.07) is 14.1. The summed E-state index contributed by atoms with van der Waals surface area (Å²) in [6.45, 7) is 1.56. The lowest BCUT2D eigenvalue weighted by Crippen LogP contribution is -2.13. The van der Waals surface area contributed by atoms with E-state index in [9.17, 15) is 14.9 Å². The lowest BCUT2D eigenvalue weighted by molar-refractivity contribution is -0.385. The van der Waals surface area contributed by atoms with Gasteiger partial charge in [0.2, 0.25) is 0 Å². The Morgan fingerprint density at radius 2 is 1.92 bits per heavy atom. The fraction of sp³-hybridized carbons (Fsp3) is 0.0588. The van der Waals surface area contributed by atoms with Gasteiger partial charge in [-0.3, -0.25) is 20.2 Å². The second-order valence-electron chi connectivity index (χ2n) is 5.06. The third-order valence-electron chi connectivity index (χ3n) is 3.53. The highest BCUT2D eigenvalue weighted by Gasteiger charge is 2.18. The molecule has 6 nitrogen and oxygen atoms in total. The highest BCUT2D eigenvalue weighted by Crippen LogP contribution is 2.29. The van der Waals surface area contributed by atoms with Crippen LogP contribution >= 0.6 is 11.3 Å². The molecule has 2 aromatic carbocycles. The zero-order chi connectivity index (χ0) is 17.1. The Balaban J connectivity index is 1.83. The lowest BCUT2D eigenvalue weighted by Gasteiger charge is -2.05. The number of nitrogens with one attached hydrogen (secondary N) is 1. The maximum absolute atomic E-state index is 12.4. The molecule has 0 aliphatic rings. The summed E-state index contributed by atoms with van der Waals surface area (Å²) in [7, 11) is 0. The number of thiazole rings is 1. The molecule has 1 amide bonds. The molecule has 0 spiro atoms. The Morgan fingerprint density at radius 1 is 1.17 bits per heavy atom. The van der Waals surface area contributed by atoms with Crippen LogP contribution in [0.3, 0.4) is 0 Å². The first-order valence-electron chi connectivity index (χ1n) is 7.13. The van der Waals surface area contributed by atoms with Crippen molar-refractivity contribution in [3.8, 4) is 10.4 Å². The summed E-state index contributed by atoms with van der Waals surface area (Å²) in [5.41, 5.74) is 1.54. The van der Waals surface area contributed by atoms with Gasteiger partial charge in [0.1, 0.15) is 0 Å². The predicted molar refractivity (Wildman–Crippen MR) is 93.3 cm³/mol. The van der Waals surface area contributed by atoms with Crippen molar-refractivity contribution in [3.63, 3.8) is 0 Å². The number of carbonyl (C=O) groups is 1. The van der Waals surface area contributed by atoms with Crippen molar-refractivity contribution in [1.29, 1.82) is 0 Å². The monoisotopic (exact) mass is 339 g/mol. The number of nitro groups is 1. The normalized spacial score (nSPS) is 10.4. The Hall–Kier alpha value is -3.06. The quantitative estimate of drug-likeness (QED) is 0.568. The van der Waals surface area contributed by atoms with E-state index in [1.807, 2.05) is 30.3 Å². The molecule has 0 radical (unpaired) electrons. The predicted octanol–water partition coefficient (Wildman–Crippen LogP) is 4.28. The number of amides is 1. The molecule has 1 aromatic heterocycles. The van der Waals surface area contributed by atoms with E-state index < -0.39 is 10.8 Å². The minimum atomic E-state index is -0.497. The van der Waals surface area contributed by atoms with Gasteiger partial charge in [0.05, 0.1) is 9.80 Å². The number of carbonyl (C=O) groups excluding carboxylic acids is 1. The maximum Gasteiger partial charge on any atom is 0.273 e. The Labute approximate surface area is 141 Å². The number of hydrogen-bond acceptors (Lipinski definition) is 5. The molecule has 0 unspecified atom stereocenters. The molecular formula is C17H13N3O3S. The largest absolute Gasteiger partial charge is 0.298 e. The average Bonchev–Trinajstić information content (AvgIpc) is 3.04. The van der Waals surface area contributed by atoms with Crippen LogP contribution in [0.1, 0.15) is 15.9 Å². The molecule has 1 N–H and O–H groups in total. The van der Waals surface area contributed by atoms with Crippen LogP contribution in [0.15, 0.2) is 54.7 Å². The maximum atomic E-state index is 12.4. The lowest BCUT2D eigenvalue weighted by atomic mass is 10.1. The summed E-state index contributed by atoms with van der Waals surface area (Å²) >= 11 is 1.35. The number of anilines is 1. The smallest absolute Gasteiger partial charge is 0.273 e. The Bertz CT molecular complexity index is 906. The van der Waals surface area contributed by atoms with Gasteiger partial charge in [-0.2, -0.15) is 0 Å². The minimum Gasteiger partial charge on any atom is -0.298 e. The van der Waals surface area contributed by atoms with Crippen molar-refractivity contribution in [3.05, 3.63) is 76.0 Å². The van der Waals surface area contributed by atoms with Gasteiger partial charge in [-0.05, 0) is 18.6 Å². The van der Waals surface area contributed by atoms with E-state index in [0.717, 1.165) is 10.4 Å². The van der Waals surface area contributed by atoms with Gasteiger partial charge in [0.25, 0.3) is 11.6 Å². The van der Waals surface area contributed by atoms with Crippen molar-refractivity contribution in [2.75, 3.05) is 5.32 Å². The zero-order valence-electron chi connectivity index (χ0n) is 12.7. The first-order valence-corrected chi connectivity index (χ1v) is 7.94. The molecule has 3 rings (SSSR count). The van der Waals surface area contributed by atoms with Gasteiger partial charge in [-0.1, -0.05) is 47.7 Å². The van der Waals surface area contributed by atoms with E-state index in [1.165, 1.54) is 23.5 Å². The van der Waals surface area contributed by atoms with Crippen LogP contribution in [-0.4, -0.2) is 15.8 Å². The topological polar surface area (TPSA) is 85.1 Å². The van der Waals surface area contributed by atoms with Crippen LogP contribution in [0.2, 0.25) is 0 Å². The van der Waals surface area contributed by atoms with E-state index in [4.69, 9.17) is 0 Å². The van der Waals surface area contributed by atoms with Gasteiger partial charge in [-0.25, -0.2) is 4.98 Å². The highest BCUT2D eigenvalue weighted by molar-refractivity contribution is 7.19. The van der Waals surface area contributed by atoms with Gasteiger partial charge in [0, 0.05) is 23.4 Å². The molecule has 7 heteroatoms. The second kappa shape index (κ2) is 6.59. The van der Waals surface area contributed by atoms with Crippen LogP contribution in [0.4, 0.5) is 10.8 Å². The molecule has 3 aromatic rings. The number of nitrogens with zero attached hydrogens (tertiary/aromatic N) is 2. The molecule has 24 heavy (non-hydrogen) atoms. The zero-order valence-corrected chi connectivity index (χ0v) is 13.5. The summed E-state index contributed by atoms with van der Waals surface area (Å²) in [6.07, 6.45) is 1.69. The van der Waals surface area contributed by atoms with Crippen molar-refractivity contribution in [1.82, 2.24) is 4.98 Å². The molecule has 0 bridgehead atoms. The van der Waals surface area contributed by atoms with Crippen LogP contribution in [0, 0.1) is 17.0 Å². The first kappa shape index (κ1) is 15.8. The number of rotatable bonds is 4. The van der Waals surface area contributed by atoms with Crippen LogP contribution in [0.5, 0.6) is 0 Å². The summed E-state index contributed by atoms with van der Waals surface area (Å²) < 4.78 is 0. The number of benzene rings is 2. The van der Waals surface area contributed by atoms with Crippen molar-refractivity contribution in [2.45, 2.75) is 6.92 Å². The Morgan fingerprint density at radius 3 is 2.62 bits per heavy atom. The van der Waals surface area contributed by atoms with E-state index in [0.29, 0.717) is 10.7 Å². The van der Waals surface area contributed by atoms with Gasteiger partial charge >= 0.3 is 0 Å². The summed E-state index contributed by atoms with van der Waals surface area (Å²) in [4.78, 5) is 28.0. The molecule has 0 fully saturated rings. The third-order valence-corrected chi connectivity index (χ3v) is 4.49. The molecule has 0 saturated heterocycles. The van der Waals surface area contributed by atoms with Crippen LogP contribution < -0.4 is 5.32 Å². The fourth-order valence-corrected chi connectivity index (χ4v) is 3.12. The number of nitro benzene ring substituents is 1. The van der Waals surface area contributed by atoms with Gasteiger partial charge in [-0.15, -0.1) is 0 Å². The van der Waals surface area contributed by atoms with Crippen LogP contribution in [-0.2, 0) is 0 Å². The van der Waals surface area contributed by atoms with E-state index in [1.54, 1.807) is 19.2 Å². The second-order valence-corrected chi connectivity index (χ2v) is 6.09. The molecule has 0 aliphatic carbocycles. The van der Waals surface area contributed by atoms with E-state index in [2.05, 4.69) is 10.3 Å². The SMILES string of the molecule is Cc1c(C(=O)Nc2ncc(-c3ccccc3)s2)cccc1[N+](=O)[O-]. The van der Waals surface area contributed by atoms with Gasteiger partial charge in [0.15, 0.2) is 5.13 Å². The molecule has 120 valence electrons.